The first-order valence-electron chi connectivity index (χ1n) is 5.25. The Morgan fingerprint density at radius 1 is 0.938 bits per heavy atom. The van der Waals surface area contributed by atoms with Gasteiger partial charge < -0.3 is 5.11 Å². The number of rotatable bonds is 3. The third kappa shape index (κ3) is 2.63. The summed E-state index contributed by atoms with van der Waals surface area (Å²) in [5, 5.41) is 9.65. The van der Waals surface area contributed by atoms with Gasteiger partial charge in [-0.1, -0.05) is 48.0 Å². The number of hydrogen-bond acceptors (Lipinski definition) is 1. The normalized spacial score (nSPS) is 10.4. The van der Waals surface area contributed by atoms with Gasteiger partial charge in [0, 0.05) is 11.6 Å². The highest BCUT2D eigenvalue weighted by atomic mass is 35.5. The average molecular weight is 233 g/mol. The Bertz CT molecular complexity index is 462. The molecule has 0 spiro atoms. The van der Waals surface area contributed by atoms with E-state index in [2.05, 4.69) is 12.1 Å². The summed E-state index contributed by atoms with van der Waals surface area (Å²) in [7, 11) is 0. The van der Waals surface area contributed by atoms with Gasteiger partial charge in [-0.3, -0.25) is 0 Å². The molecule has 0 saturated carbocycles. The van der Waals surface area contributed by atoms with Crippen molar-refractivity contribution in [3.8, 4) is 11.1 Å². The summed E-state index contributed by atoms with van der Waals surface area (Å²) in [5.74, 6) is 0. The van der Waals surface area contributed by atoms with Gasteiger partial charge in [0.1, 0.15) is 0 Å². The third-order valence-electron chi connectivity index (χ3n) is 2.51. The highest BCUT2D eigenvalue weighted by Crippen LogP contribution is 2.22. The Hall–Kier alpha value is -1.31. The number of aliphatic hydroxyl groups excluding tert-OH is 1. The first kappa shape index (κ1) is 11.2. The molecule has 1 nitrogen and oxygen atoms in total. The van der Waals surface area contributed by atoms with Crippen LogP contribution in [0.1, 0.15) is 5.56 Å². The number of halogens is 1. The zero-order valence-corrected chi connectivity index (χ0v) is 9.61. The summed E-state index contributed by atoms with van der Waals surface area (Å²) in [5.41, 5.74) is 3.45. The quantitative estimate of drug-likeness (QED) is 0.858. The van der Waals surface area contributed by atoms with E-state index in [4.69, 9.17) is 16.7 Å². The number of aliphatic hydroxyl groups is 1. The topological polar surface area (TPSA) is 20.2 Å². The van der Waals surface area contributed by atoms with E-state index in [1.165, 1.54) is 0 Å². The SMILES string of the molecule is OCCc1cccc(-c2ccc(Cl)cc2)c1. The highest BCUT2D eigenvalue weighted by Gasteiger charge is 1.99. The van der Waals surface area contributed by atoms with E-state index in [-0.39, 0.29) is 6.61 Å². The zero-order chi connectivity index (χ0) is 11.4. The van der Waals surface area contributed by atoms with Crippen LogP contribution in [-0.2, 0) is 6.42 Å². The molecule has 0 fully saturated rings. The lowest BCUT2D eigenvalue weighted by molar-refractivity contribution is 0.299. The van der Waals surface area contributed by atoms with Gasteiger partial charge in [-0.05, 0) is 35.2 Å². The van der Waals surface area contributed by atoms with Crippen molar-refractivity contribution in [1.82, 2.24) is 0 Å². The minimum atomic E-state index is 0.185. The molecule has 0 aliphatic carbocycles. The molecule has 0 unspecified atom stereocenters. The van der Waals surface area contributed by atoms with E-state index in [9.17, 15) is 0 Å². The fourth-order valence-corrected chi connectivity index (χ4v) is 1.80. The lowest BCUT2D eigenvalue weighted by Gasteiger charge is -2.04. The van der Waals surface area contributed by atoms with Crippen LogP contribution in [0, 0.1) is 0 Å². The van der Waals surface area contributed by atoms with Crippen molar-refractivity contribution < 1.29 is 5.11 Å². The standard InChI is InChI=1S/C14H13ClO/c15-14-6-4-12(5-7-14)13-3-1-2-11(10-13)8-9-16/h1-7,10,16H,8-9H2. The van der Waals surface area contributed by atoms with Crippen LogP contribution in [0.3, 0.4) is 0 Å². The molecule has 0 atom stereocenters. The minimum Gasteiger partial charge on any atom is -0.396 e. The second-order valence-electron chi connectivity index (χ2n) is 3.68. The van der Waals surface area contributed by atoms with Crippen LogP contribution in [0.15, 0.2) is 48.5 Å². The molecular weight excluding hydrogens is 220 g/mol. The van der Waals surface area contributed by atoms with E-state index in [0.29, 0.717) is 6.42 Å². The van der Waals surface area contributed by atoms with Gasteiger partial charge in [-0.2, -0.15) is 0 Å². The second kappa shape index (κ2) is 5.15. The molecule has 2 heteroatoms. The van der Waals surface area contributed by atoms with Crippen LogP contribution in [0.25, 0.3) is 11.1 Å². The molecule has 0 saturated heterocycles. The molecule has 2 aromatic rings. The van der Waals surface area contributed by atoms with Crippen molar-refractivity contribution in [3.05, 3.63) is 59.1 Å². The monoisotopic (exact) mass is 232 g/mol. The van der Waals surface area contributed by atoms with Crippen molar-refractivity contribution >= 4 is 11.6 Å². The van der Waals surface area contributed by atoms with Gasteiger partial charge in [0.2, 0.25) is 0 Å². The van der Waals surface area contributed by atoms with Crippen molar-refractivity contribution in [2.24, 2.45) is 0 Å². The Labute approximate surface area is 100 Å². The Morgan fingerprint density at radius 2 is 1.69 bits per heavy atom. The summed E-state index contributed by atoms with van der Waals surface area (Å²) >= 11 is 5.85. The minimum absolute atomic E-state index is 0.185. The van der Waals surface area contributed by atoms with Crippen LogP contribution < -0.4 is 0 Å². The van der Waals surface area contributed by atoms with Crippen LogP contribution in [0.4, 0.5) is 0 Å². The van der Waals surface area contributed by atoms with E-state index >= 15 is 0 Å². The summed E-state index contributed by atoms with van der Waals surface area (Å²) in [4.78, 5) is 0. The molecule has 16 heavy (non-hydrogen) atoms. The van der Waals surface area contributed by atoms with Gasteiger partial charge in [-0.25, -0.2) is 0 Å². The summed E-state index contributed by atoms with van der Waals surface area (Å²) in [6.45, 7) is 0.185. The van der Waals surface area contributed by atoms with Gasteiger partial charge in [-0.15, -0.1) is 0 Å². The molecule has 2 rings (SSSR count). The maximum atomic E-state index is 8.90. The van der Waals surface area contributed by atoms with E-state index < -0.39 is 0 Å². The van der Waals surface area contributed by atoms with Crippen LogP contribution in [-0.4, -0.2) is 11.7 Å². The molecule has 0 aliphatic rings. The average Bonchev–Trinajstić information content (AvgIpc) is 2.31. The fourth-order valence-electron chi connectivity index (χ4n) is 1.68. The Kier molecular flexibility index (Phi) is 3.60. The lowest BCUT2D eigenvalue weighted by atomic mass is 10.0. The maximum Gasteiger partial charge on any atom is 0.0471 e. The largest absolute Gasteiger partial charge is 0.396 e. The molecule has 0 aliphatic heterocycles. The van der Waals surface area contributed by atoms with Gasteiger partial charge in [0.05, 0.1) is 0 Å². The van der Waals surface area contributed by atoms with Crippen molar-refractivity contribution in [2.75, 3.05) is 6.61 Å². The lowest BCUT2D eigenvalue weighted by Crippen LogP contribution is -1.90. The molecule has 0 aromatic heterocycles. The smallest absolute Gasteiger partial charge is 0.0471 e. The first-order chi connectivity index (χ1) is 7.79. The number of benzene rings is 2. The molecule has 1 N–H and O–H groups in total. The first-order valence-corrected chi connectivity index (χ1v) is 5.63. The molecule has 0 radical (unpaired) electrons. The molecule has 82 valence electrons. The van der Waals surface area contributed by atoms with E-state index in [1.54, 1.807) is 0 Å². The van der Waals surface area contributed by atoms with Crippen molar-refractivity contribution in [3.63, 3.8) is 0 Å². The van der Waals surface area contributed by atoms with Crippen molar-refractivity contribution in [1.29, 1.82) is 0 Å². The predicted molar refractivity (Wildman–Crippen MR) is 67.7 cm³/mol. The number of hydrogen-bond donors (Lipinski definition) is 1. The zero-order valence-electron chi connectivity index (χ0n) is 8.86. The summed E-state index contributed by atoms with van der Waals surface area (Å²) in [6, 6.07) is 16.0. The van der Waals surface area contributed by atoms with Gasteiger partial charge in [0.25, 0.3) is 0 Å². The van der Waals surface area contributed by atoms with E-state index in [0.717, 1.165) is 21.7 Å². The summed E-state index contributed by atoms with van der Waals surface area (Å²) in [6.07, 6.45) is 0.696. The van der Waals surface area contributed by atoms with Gasteiger partial charge >= 0.3 is 0 Å². The molecule has 0 heterocycles. The van der Waals surface area contributed by atoms with E-state index in [1.807, 2.05) is 36.4 Å². The van der Waals surface area contributed by atoms with Gasteiger partial charge in [0.15, 0.2) is 0 Å². The van der Waals surface area contributed by atoms with Crippen LogP contribution >= 0.6 is 11.6 Å². The molecular formula is C14H13ClO. The summed E-state index contributed by atoms with van der Waals surface area (Å²) < 4.78 is 0. The Balaban J connectivity index is 2.32. The fraction of sp³-hybridized carbons (Fsp3) is 0.143. The Morgan fingerprint density at radius 3 is 2.38 bits per heavy atom. The third-order valence-corrected chi connectivity index (χ3v) is 2.76. The van der Waals surface area contributed by atoms with Crippen LogP contribution in [0.2, 0.25) is 5.02 Å². The predicted octanol–water partition coefficient (Wildman–Crippen LogP) is 3.54. The maximum absolute atomic E-state index is 8.90. The molecule has 0 bridgehead atoms. The molecule has 0 amide bonds. The second-order valence-corrected chi connectivity index (χ2v) is 4.12. The van der Waals surface area contributed by atoms with Crippen molar-refractivity contribution in [2.45, 2.75) is 6.42 Å². The molecule has 2 aromatic carbocycles. The van der Waals surface area contributed by atoms with Crippen LogP contribution in [0.5, 0.6) is 0 Å². The highest BCUT2D eigenvalue weighted by molar-refractivity contribution is 6.30.